The van der Waals surface area contributed by atoms with Crippen molar-refractivity contribution in [1.82, 2.24) is 24.7 Å². The molecule has 0 aliphatic rings. The predicted molar refractivity (Wildman–Crippen MR) is 99.0 cm³/mol. The average Bonchev–Trinajstić information content (AvgIpc) is 3.35. The summed E-state index contributed by atoms with van der Waals surface area (Å²) in [6.45, 7) is 0. The molecule has 3 heterocycles. The van der Waals surface area contributed by atoms with Gasteiger partial charge in [-0.15, -0.1) is 11.3 Å². The second-order valence-corrected chi connectivity index (χ2v) is 6.30. The van der Waals surface area contributed by atoms with Crippen molar-refractivity contribution in [2.45, 2.75) is 6.42 Å². The number of carbonyl (C=O) groups is 1. The number of benzene rings is 1. The van der Waals surface area contributed by atoms with Gasteiger partial charge in [-0.05, 0) is 24.3 Å². The van der Waals surface area contributed by atoms with Gasteiger partial charge in [-0.25, -0.2) is 14.6 Å². The molecule has 1 aromatic carbocycles. The van der Waals surface area contributed by atoms with Crippen LogP contribution in [0.1, 0.15) is 5.69 Å². The van der Waals surface area contributed by atoms with Gasteiger partial charge in [-0.3, -0.25) is 9.78 Å². The Morgan fingerprint density at radius 3 is 2.85 bits per heavy atom. The lowest BCUT2D eigenvalue weighted by molar-refractivity contribution is -0.115. The second kappa shape index (κ2) is 7.24. The van der Waals surface area contributed by atoms with Crippen LogP contribution in [0.4, 0.5) is 5.69 Å². The van der Waals surface area contributed by atoms with Crippen LogP contribution in [0, 0.1) is 0 Å². The van der Waals surface area contributed by atoms with Gasteiger partial charge in [0.1, 0.15) is 17.7 Å². The van der Waals surface area contributed by atoms with Crippen molar-refractivity contribution in [2.75, 3.05) is 5.32 Å². The zero-order valence-corrected chi connectivity index (χ0v) is 14.4. The van der Waals surface area contributed by atoms with Crippen molar-refractivity contribution in [2.24, 2.45) is 0 Å². The monoisotopic (exact) mass is 362 g/mol. The molecule has 128 valence electrons. The van der Waals surface area contributed by atoms with E-state index in [-0.39, 0.29) is 12.3 Å². The number of para-hydroxylation sites is 2. The van der Waals surface area contributed by atoms with E-state index in [9.17, 15) is 4.79 Å². The lowest BCUT2D eigenvalue weighted by atomic mass is 10.2. The maximum atomic E-state index is 12.4. The molecule has 0 fully saturated rings. The minimum Gasteiger partial charge on any atom is -0.324 e. The van der Waals surface area contributed by atoms with Crippen LogP contribution in [0.5, 0.6) is 0 Å². The number of thiazole rings is 1. The standard InChI is InChI=1S/C18H14N6OS/c25-17(9-13-10-26-18(22-13)15-6-3-4-8-20-15)23-14-5-1-2-7-16(14)24-12-19-11-21-24/h1-8,10-12H,9H2,(H,23,25). The van der Waals surface area contributed by atoms with E-state index in [1.807, 2.05) is 47.8 Å². The zero-order chi connectivity index (χ0) is 17.8. The highest BCUT2D eigenvalue weighted by Crippen LogP contribution is 2.22. The molecular weight excluding hydrogens is 348 g/mol. The minimum atomic E-state index is -0.143. The molecule has 1 N–H and O–H groups in total. The number of hydrogen-bond acceptors (Lipinski definition) is 6. The van der Waals surface area contributed by atoms with Crippen molar-refractivity contribution in [3.05, 3.63) is 72.4 Å². The molecule has 0 radical (unpaired) electrons. The average molecular weight is 362 g/mol. The van der Waals surface area contributed by atoms with Gasteiger partial charge in [0, 0.05) is 11.6 Å². The number of rotatable bonds is 5. The van der Waals surface area contributed by atoms with E-state index in [0.717, 1.165) is 16.4 Å². The number of carbonyl (C=O) groups excluding carboxylic acids is 1. The van der Waals surface area contributed by atoms with Crippen LogP contribution in [0.2, 0.25) is 0 Å². The quantitative estimate of drug-likeness (QED) is 0.590. The number of aromatic nitrogens is 5. The van der Waals surface area contributed by atoms with Crippen LogP contribution in [0.3, 0.4) is 0 Å². The van der Waals surface area contributed by atoms with Gasteiger partial charge in [0.2, 0.25) is 5.91 Å². The van der Waals surface area contributed by atoms with Crippen LogP contribution < -0.4 is 5.32 Å². The highest BCUT2D eigenvalue weighted by molar-refractivity contribution is 7.13. The number of pyridine rings is 1. The van der Waals surface area contributed by atoms with Crippen molar-refractivity contribution >= 4 is 22.9 Å². The normalized spacial score (nSPS) is 10.6. The fourth-order valence-electron chi connectivity index (χ4n) is 2.47. The Morgan fingerprint density at radius 2 is 2.04 bits per heavy atom. The van der Waals surface area contributed by atoms with Gasteiger partial charge in [0.05, 0.1) is 29.2 Å². The van der Waals surface area contributed by atoms with Gasteiger partial charge >= 0.3 is 0 Å². The molecule has 26 heavy (non-hydrogen) atoms. The van der Waals surface area contributed by atoms with Crippen molar-refractivity contribution in [3.63, 3.8) is 0 Å². The number of nitrogens with zero attached hydrogens (tertiary/aromatic N) is 5. The van der Waals surface area contributed by atoms with E-state index in [4.69, 9.17) is 0 Å². The summed E-state index contributed by atoms with van der Waals surface area (Å²) >= 11 is 1.48. The SMILES string of the molecule is O=C(Cc1csc(-c2ccccn2)n1)Nc1ccccc1-n1cncn1. The van der Waals surface area contributed by atoms with Gasteiger partial charge < -0.3 is 5.32 Å². The Bertz CT molecular complexity index is 1010. The van der Waals surface area contributed by atoms with E-state index in [2.05, 4.69) is 25.4 Å². The molecule has 7 nitrogen and oxygen atoms in total. The molecule has 0 saturated heterocycles. The van der Waals surface area contributed by atoms with Crippen LogP contribution in [-0.2, 0) is 11.2 Å². The smallest absolute Gasteiger partial charge is 0.230 e. The van der Waals surface area contributed by atoms with Crippen LogP contribution in [0.25, 0.3) is 16.4 Å². The molecule has 4 rings (SSSR count). The van der Waals surface area contributed by atoms with Gasteiger partial charge in [0.15, 0.2) is 0 Å². The lowest BCUT2D eigenvalue weighted by Crippen LogP contribution is -2.16. The first-order chi connectivity index (χ1) is 12.8. The maximum absolute atomic E-state index is 12.4. The summed E-state index contributed by atoms with van der Waals surface area (Å²) in [5, 5.41) is 9.71. The Morgan fingerprint density at radius 1 is 1.15 bits per heavy atom. The summed E-state index contributed by atoms with van der Waals surface area (Å²) < 4.78 is 1.61. The molecule has 0 aliphatic carbocycles. The maximum Gasteiger partial charge on any atom is 0.230 e. The van der Waals surface area contributed by atoms with Crippen LogP contribution in [0.15, 0.2) is 66.7 Å². The zero-order valence-electron chi connectivity index (χ0n) is 13.6. The van der Waals surface area contributed by atoms with E-state index >= 15 is 0 Å². The number of hydrogen-bond donors (Lipinski definition) is 1. The van der Waals surface area contributed by atoms with E-state index in [0.29, 0.717) is 11.4 Å². The van der Waals surface area contributed by atoms with Gasteiger partial charge in [0.25, 0.3) is 0 Å². The first kappa shape index (κ1) is 16.1. The summed E-state index contributed by atoms with van der Waals surface area (Å²) in [6.07, 6.45) is 4.96. The second-order valence-electron chi connectivity index (χ2n) is 5.44. The number of anilines is 1. The molecule has 0 saturated carbocycles. The largest absolute Gasteiger partial charge is 0.324 e. The summed E-state index contributed by atoms with van der Waals surface area (Å²) in [7, 11) is 0. The first-order valence-corrected chi connectivity index (χ1v) is 8.77. The number of amides is 1. The third kappa shape index (κ3) is 3.50. The van der Waals surface area contributed by atoms with Gasteiger partial charge in [-0.1, -0.05) is 18.2 Å². The van der Waals surface area contributed by atoms with Crippen molar-refractivity contribution < 1.29 is 4.79 Å². The Labute approximate surface area is 153 Å². The molecule has 4 aromatic rings. The molecule has 3 aromatic heterocycles. The molecule has 8 heteroatoms. The summed E-state index contributed by atoms with van der Waals surface area (Å²) in [6, 6.07) is 13.1. The predicted octanol–water partition coefficient (Wildman–Crippen LogP) is 2.97. The molecule has 1 amide bonds. The van der Waals surface area contributed by atoms with Crippen molar-refractivity contribution in [1.29, 1.82) is 0 Å². The third-order valence-corrected chi connectivity index (χ3v) is 4.53. The fraction of sp³-hybridized carbons (Fsp3) is 0.0556. The molecule has 0 bridgehead atoms. The Balaban J connectivity index is 1.48. The van der Waals surface area contributed by atoms with Crippen molar-refractivity contribution in [3.8, 4) is 16.4 Å². The van der Waals surface area contributed by atoms with Crippen LogP contribution in [-0.4, -0.2) is 30.6 Å². The van der Waals surface area contributed by atoms with Crippen LogP contribution >= 0.6 is 11.3 Å². The summed E-state index contributed by atoms with van der Waals surface area (Å²) in [5.41, 5.74) is 2.95. The molecule has 0 atom stereocenters. The highest BCUT2D eigenvalue weighted by atomic mass is 32.1. The minimum absolute atomic E-state index is 0.143. The molecular formula is C18H14N6OS. The summed E-state index contributed by atoms with van der Waals surface area (Å²) in [4.78, 5) is 25.2. The fourth-order valence-corrected chi connectivity index (χ4v) is 3.26. The summed E-state index contributed by atoms with van der Waals surface area (Å²) in [5.74, 6) is -0.143. The molecule has 0 spiro atoms. The lowest BCUT2D eigenvalue weighted by Gasteiger charge is -2.10. The van der Waals surface area contributed by atoms with E-state index in [1.165, 1.54) is 17.7 Å². The topological polar surface area (TPSA) is 85.6 Å². The highest BCUT2D eigenvalue weighted by Gasteiger charge is 2.12. The Hall–Kier alpha value is -3.39. The van der Waals surface area contributed by atoms with Gasteiger partial charge in [-0.2, -0.15) is 5.10 Å². The first-order valence-electron chi connectivity index (χ1n) is 7.89. The van der Waals surface area contributed by atoms with E-state index < -0.39 is 0 Å². The third-order valence-electron chi connectivity index (χ3n) is 3.62. The molecule has 0 aliphatic heterocycles. The Kier molecular flexibility index (Phi) is 4.48. The number of nitrogens with one attached hydrogen (secondary N) is 1. The van der Waals surface area contributed by atoms with E-state index in [1.54, 1.807) is 17.2 Å². The molecule has 0 unspecified atom stereocenters.